The fraction of sp³-hybridized carbons (Fsp3) is 0.208. The number of ketones is 1. The van der Waals surface area contributed by atoms with Crippen LogP contribution in [0.15, 0.2) is 73.3 Å². The van der Waals surface area contributed by atoms with Gasteiger partial charge in [0.2, 0.25) is 5.78 Å². The number of rotatable bonds is 3. The molecule has 27 heavy (non-hydrogen) atoms. The van der Waals surface area contributed by atoms with E-state index in [-0.39, 0.29) is 5.78 Å². The Bertz CT molecular complexity index is 1060. The van der Waals surface area contributed by atoms with Gasteiger partial charge in [0.25, 0.3) is 5.79 Å². The molecule has 1 unspecified atom stereocenters. The molecule has 4 rings (SSSR count). The average Bonchev–Trinajstić information content (AvgIpc) is 2.70. The van der Waals surface area contributed by atoms with Crippen LogP contribution >= 0.6 is 0 Å². The molecule has 0 saturated heterocycles. The lowest BCUT2D eigenvalue weighted by Gasteiger charge is -2.45. The Morgan fingerprint density at radius 2 is 1.63 bits per heavy atom. The number of hydrogen-bond acceptors (Lipinski definition) is 3. The van der Waals surface area contributed by atoms with Gasteiger partial charge in [-0.1, -0.05) is 73.3 Å². The van der Waals surface area contributed by atoms with Gasteiger partial charge in [-0.25, -0.2) is 0 Å². The number of benzene rings is 3. The van der Waals surface area contributed by atoms with Crippen LogP contribution in [0.2, 0.25) is 0 Å². The van der Waals surface area contributed by atoms with Crippen molar-refractivity contribution in [2.75, 3.05) is 7.11 Å². The molecular weight excluding hydrogens is 336 g/mol. The zero-order chi connectivity index (χ0) is 19.2. The van der Waals surface area contributed by atoms with Gasteiger partial charge in [0.05, 0.1) is 5.60 Å². The van der Waals surface area contributed by atoms with Crippen LogP contribution < -0.4 is 0 Å². The summed E-state index contributed by atoms with van der Waals surface area (Å²) in [5.74, 6) is -1.79. The summed E-state index contributed by atoms with van der Waals surface area (Å²) in [6, 6.07) is 21.5. The first kappa shape index (κ1) is 17.7. The molecule has 0 spiro atoms. The van der Waals surface area contributed by atoms with E-state index in [1.54, 1.807) is 0 Å². The monoisotopic (exact) mass is 358 g/mol. The van der Waals surface area contributed by atoms with Crippen molar-refractivity contribution in [1.29, 1.82) is 0 Å². The van der Waals surface area contributed by atoms with Crippen molar-refractivity contribution in [2.45, 2.75) is 25.2 Å². The zero-order valence-electron chi connectivity index (χ0n) is 15.8. The smallest absolute Gasteiger partial charge is 0.261 e. The molecule has 0 aliphatic carbocycles. The summed E-state index contributed by atoms with van der Waals surface area (Å²) < 4.78 is 12.1. The summed E-state index contributed by atoms with van der Waals surface area (Å²) in [5.41, 5.74) is 2.12. The Labute approximate surface area is 159 Å². The molecule has 0 saturated carbocycles. The van der Waals surface area contributed by atoms with E-state index in [9.17, 15) is 4.79 Å². The SMILES string of the molecule is C=C(c1cccc2ccccc12)C1(OC)OC(C)(C)c2ccccc2C1=O. The fourth-order valence-electron chi connectivity index (χ4n) is 3.97. The Balaban J connectivity index is 1.93. The molecule has 1 aliphatic heterocycles. The Morgan fingerprint density at radius 3 is 2.41 bits per heavy atom. The van der Waals surface area contributed by atoms with Gasteiger partial charge in [-0.3, -0.25) is 4.79 Å². The largest absolute Gasteiger partial charge is 0.343 e. The molecule has 0 fully saturated rings. The Morgan fingerprint density at radius 1 is 0.963 bits per heavy atom. The molecule has 1 atom stereocenters. The highest BCUT2D eigenvalue weighted by molar-refractivity contribution is 6.13. The van der Waals surface area contributed by atoms with Gasteiger partial charge >= 0.3 is 0 Å². The minimum atomic E-state index is -1.57. The van der Waals surface area contributed by atoms with Gasteiger partial charge < -0.3 is 9.47 Å². The summed E-state index contributed by atoms with van der Waals surface area (Å²) in [4.78, 5) is 13.5. The second-order valence-electron chi connectivity index (χ2n) is 7.31. The molecular formula is C24H22O3. The van der Waals surface area contributed by atoms with E-state index in [1.165, 1.54) is 7.11 Å². The van der Waals surface area contributed by atoms with Gasteiger partial charge in [-0.2, -0.15) is 0 Å². The molecule has 3 nitrogen and oxygen atoms in total. The van der Waals surface area contributed by atoms with Crippen LogP contribution in [0.25, 0.3) is 16.3 Å². The maximum Gasteiger partial charge on any atom is 0.261 e. The minimum Gasteiger partial charge on any atom is -0.343 e. The van der Waals surface area contributed by atoms with Gasteiger partial charge in [-0.05, 0) is 35.7 Å². The lowest BCUT2D eigenvalue weighted by Crippen LogP contribution is -2.53. The first-order chi connectivity index (χ1) is 12.9. The minimum absolute atomic E-state index is 0.224. The van der Waals surface area contributed by atoms with E-state index in [0.29, 0.717) is 11.1 Å². The van der Waals surface area contributed by atoms with Gasteiger partial charge in [-0.15, -0.1) is 0 Å². The van der Waals surface area contributed by atoms with Crippen molar-refractivity contribution >= 4 is 22.1 Å². The maximum atomic E-state index is 13.5. The third-order valence-corrected chi connectivity index (χ3v) is 5.32. The molecule has 1 aliphatic rings. The highest BCUT2D eigenvalue weighted by Crippen LogP contribution is 2.46. The third kappa shape index (κ3) is 2.54. The number of Topliss-reactive ketones (excluding diaryl/α,β-unsaturated/α-hetero) is 1. The topological polar surface area (TPSA) is 35.5 Å². The van der Waals surface area contributed by atoms with Crippen LogP contribution in [-0.4, -0.2) is 18.7 Å². The molecule has 3 aromatic carbocycles. The molecule has 0 radical (unpaired) electrons. The van der Waals surface area contributed by atoms with Crippen molar-refractivity contribution in [3.63, 3.8) is 0 Å². The predicted octanol–water partition coefficient (Wildman–Crippen LogP) is 5.34. The summed E-state index contributed by atoms with van der Waals surface area (Å²) in [6.07, 6.45) is 0. The van der Waals surface area contributed by atoms with Crippen molar-refractivity contribution < 1.29 is 14.3 Å². The van der Waals surface area contributed by atoms with E-state index < -0.39 is 11.4 Å². The highest BCUT2D eigenvalue weighted by atomic mass is 16.7. The van der Waals surface area contributed by atoms with Crippen molar-refractivity contribution in [3.8, 4) is 0 Å². The summed E-state index contributed by atoms with van der Waals surface area (Å²) in [5, 5.41) is 2.08. The van der Waals surface area contributed by atoms with E-state index in [0.717, 1.165) is 21.9 Å². The molecule has 0 bridgehead atoms. The summed E-state index contributed by atoms with van der Waals surface area (Å²) >= 11 is 0. The second-order valence-corrected chi connectivity index (χ2v) is 7.31. The van der Waals surface area contributed by atoms with E-state index >= 15 is 0 Å². The zero-order valence-corrected chi connectivity index (χ0v) is 15.8. The highest BCUT2D eigenvalue weighted by Gasteiger charge is 2.53. The van der Waals surface area contributed by atoms with Crippen LogP contribution in [0.4, 0.5) is 0 Å². The van der Waals surface area contributed by atoms with Gasteiger partial charge in [0.15, 0.2) is 0 Å². The van der Waals surface area contributed by atoms with Crippen LogP contribution in [0.3, 0.4) is 0 Å². The first-order valence-electron chi connectivity index (χ1n) is 8.98. The number of carbonyl (C=O) groups is 1. The number of fused-ring (bicyclic) bond motifs is 2. The number of carbonyl (C=O) groups excluding carboxylic acids is 1. The van der Waals surface area contributed by atoms with Crippen LogP contribution in [0.5, 0.6) is 0 Å². The molecule has 1 heterocycles. The normalized spacial score (nSPS) is 21.1. The molecule has 0 aromatic heterocycles. The summed E-state index contributed by atoms with van der Waals surface area (Å²) in [6.45, 7) is 8.15. The lowest BCUT2D eigenvalue weighted by molar-refractivity contribution is -0.214. The molecule has 3 aromatic rings. The van der Waals surface area contributed by atoms with Gasteiger partial charge in [0, 0.05) is 18.2 Å². The predicted molar refractivity (Wildman–Crippen MR) is 108 cm³/mol. The van der Waals surface area contributed by atoms with E-state index in [4.69, 9.17) is 9.47 Å². The van der Waals surface area contributed by atoms with Crippen molar-refractivity contribution in [2.24, 2.45) is 0 Å². The lowest BCUT2D eigenvalue weighted by atomic mass is 9.80. The molecule has 0 amide bonds. The number of methoxy groups -OCH3 is 1. The summed E-state index contributed by atoms with van der Waals surface area (Å²) in [7, 11) is 1.50. The van der Waals surface area contributed by atoms with Crippen molar-refractivity contribution in [1.82, 2.24) is 0 Å². The molecule has 136 valence electrons. The van der Waals surface area contributed by atoms with Crippen LogP contribution in [0, 0.1) is 0 Å². The van der Waals surface area contributed by atoms with Crippen molar-refractivity contribution in [3.05, 3.63) is 90.0 Å². The molecule has 3 heteroatoms. The second kappa shape index (κ2) is 6.15. The van der Waals surface area contributed by atoms with Gasteiger partial charge in [0.1, 0.15) is 0 Å². The molecule has 0 N–H and O–H groups in total. The number of hydrogen-bond donors (Lipinski definition) is 0. The average molecular weight is 358 g/mol. The van der Waals surface area contributed by atoms with E-state index in [2.05, 4.69) is 6.58 Å². The maximum absolute atomic E-state index is 13.5. The standard InChI is InChI=1S/C24H22O3/c1-16(18-14-9-11-17-10-5-6-12-19(17)18)24(26-4)22(25)20-13-7-8-15-21(20)23(2,3)27-24/h5-15H,1H2,2-4H3. The Hall–Kier alpha value is -2.75. The first-order valence-corrected chi connectivity index (χ1v) is 8.98. The Kier molecular flexibility index (Phi) is 4.02. The van der Waals surface area contributed by atoms with E-state index in [1.807, 2.05) is 80.6 Å². The van der Waals surface area contributed by atoms with Crippen LogP contribution in [0.1, 0.15) is 35.3 Å². The fourth-order valence-corrected chi connectivity index (χ4v) is 3.97. The van der Waals surface area contributed by atoms with Crippen LogP contribution in [-0.2, 0) is 15.1 Å². The third-order valence-electron chi connectivity index (χ3n) is 5.32. The quantitative estimate of drug-likeness (QED) is 0.634. The number of ether oxygens (including phenoxy) is 2.